The van der Waals surface area contributed by atoms with Crippen LogP contribution in [0.4, 0.5) is 0 Å². The zero-order valence-corrected chi connectivity index (χ0v) is 11.5. The third kappa shape index (κ3) is 2.56. The molecule has 1 fully saturated rings. The summed E-state index contributed by atoms with van der Waals surface area (Å²) >= 11 is 0. The van der Waals surface area contributed by atoms with Crippen LogP contribution < -0.4 is 16.8 Å². The van der Waals surface area contributed by atoms with Gasteiger partial charge in [-0.15, -0.1) is 0 Å². The van der Waals surface area contributed by atoms with Gasteiger partial charge in [0.2, 0.25) is 0 Å². The Labute approximate surface area is 112 Å². The number of hydrogen-bond acceptors (Lipinski definition) is 3. The van der Waals surface area contributed by atoms with Gasteiger partial charge in [0, 0.05) is 11.7 Å². The maximum Gasteiger partial charge on any atom is 0.270 e. The standard InChI is InChI=1S/C14H21N3O2/c1-9(2)12-8-7-11(13(18)16-15)14(19)17(12)10-5-3-4-6-10/h7-10H,3-6,15H2,1-2H3,(H,16,18). The highest BCUT2D eigenvalue weighted by atomic mass is 16.2. The largest absolute Gasteiger partial charge is 0.309 e. The van der Waals surface area contributed by atoms with Crippen molar-refractivity contribution in [1.29, 1.82) is 0 Å². The fraction of sp³-hybridized carbons (Fsp3) is 0.571. The number of aromatic nitrogens is 1. The molecular weight excluding hydrogens is 242 g/mol. The van der Waals surface area contributed by atoms with E-state index in [2.05, 4.69) is 13.8 Å². The molecule has 0 aliphatic heterocycles. The Hall–Kier alpha value is -1.62. The van der Waals surface area contributed by atoms with Crippen molar-refractivity contribution in [3.05, 3.63) is 33.7 Å². The van der Waals surface area contributed by atoms with Crippen LogP contribution in [-0.4, -0.2) is 10.5 Å². The average molecular weight is 263 g/mol. The Balaban J connectivity index is 2.57. The molecule has 0 bridgehead atoms. The number of carbonyl (C=O) groups is 1. The van der Waals surface area contributed by atoms with E-state index in [9.17, 15) is 9.59 Å². The lowest BCUT2D eigenvalue weighted by Crippen LogP contribution is -2.38. The highest BCUT2D eigenvalue weighted by Crippen LogP contribution is 2.31. The molecule has 0 saturated heterocycles. The third-order valence-electron chi connectivity index (χ3n) is 3.81. The van der Waals surface area contributed by atoms with Gasteiger partial charge in [0.15, 0.2) is 0 Å². The maximum atomic E-state index is 12.5. The number of nitrogens with two attached hydrogens (primary N) is 1. The molecule has 2 rings (SSSR count). The summed E-state index contributed by atoms with van der Waals surface area (Å²) in [7, 11) is 0. The lowest BCUT2D eigenvalue weighted by Gasteiger charge is -2.22. The van der Waals surface area contributed by atoms with Gasteiger partial charge in [-0.05, 0) is 30.9 Å². The molecule has 1 aromatic rings. The average Bonchev–Trinajstić information content (AvgIpc) is 2.90. The summed E-state index contributed by atoms with van der Waals surface area (Å²) in [5.74, 6) is 4.86. The number of pyridine rings is 1. The summed E-state index contributed by atoms with van der Waals surface area (Å²) in [6, 6.07) is 3.66. The predicted molar refractivity (Wildman–Crippen MR) is 73.9 cm³/mol. The Kier molecular flexibility index (Phi) is 4.04. The third-order valence-corrected chi connectivity index (χ3v) is 3.81. The van der Waals surface area contributed by atoms with E-state index in [0.29, 0.717) is 0 Å². The topological polar surface area (TPSA) is 77.1 Å². The van der Waals surface area contributed by atoms with Crippen molar-refractivity contribution in [3.8, 4) is 0 Å². The van der Waals surface area contributed by atoms with Crippen molar-refractivity contribution >= 4 is 5.91 Å². The van der Waals surface area contributed by atoms with Gasteiger partial charge < -0.3 is 4.57 Å². The molecule has 1 aromatic heterocycles. The quantitative estimate of drug-likeness (QED) is 0.495. The first-order chi connectivity index (χ1) is 9.06. The minimum absolute atomic E-state index is 0.124. The Morgan fingerprint density at radius 1 is 1.37 bits per heavy atom. The molecule has 1 aliphatic rings. The van der Waals surface area contributed by atoms with Crippen LogP contribution in [0.5, 0.6) is 0 Å². The second kappa shape index (κ2) is 5.57. The maximum absolute atomic E-state index is 12.5. The molecule has 5 nitrogen and oxygen atoms in total. The van der Waals surface area contributed by atoms with E-state index in [-0.39, 0.29) is 23.1 Å². The first-order valence-electron chi connectivity index (χ1n) is 6.82. The van der Waals surface area contributed by atoms with Crippen molar-refractivity contribution in [3.63, 3.8) is 0 Å². The second-order valence-corrected chi connectivity index (χ2v) is 5.41. The van der Waals surface area contributed by atoms with Gasteiger partial charge >= 0.3 is 0 Å². The second-order valence-electron chi connectivity index (χ2n) is 5.41. The van der Waals surface area contributed by atoms with E-state index in [4.69, 9.17) is 5.84 Å². The van der Waals surface area contributed by atoms with E-state index in [1.165, 1.54) is 0 Å². The summed E-state index contributed by atoms with van der Waals surface area (Å²) in [4.78, 5) is 24.2. The lowest BCUT2D eigenvalue weighted by molar-refractivity contribution is 0.0951. The molecule has 3 N–H and O–H groups in total. The molecule has 0 spiro atoms. The number of amides is 1. The van der Waals surface area contributed by atoms with E-state index in [1.54, 1.807) is 6.07 Å². The molecular formula is C14H21N3O2. The smallest absolute Gasteiger partial charge is 0.270 e. The number of nitrogens with one attached hydrogen (secondary N) is 1. The van der Waals surface area contributed by atoms with Crippen molar-refractivity contribution in [2.45, 2.75) is 51.5 Å². The normalized spacial score (nSPS) is 16.0. The molecule has 1 amide bonds. The zero-order valence-electron chi connectivity index (χ0n) is 11.5. The fourth-order valence-electron chi connectivity index (χ4n) is 2.83. The molecule has 1 heterocycles. The fourth-order valence-corrected chi connectivity index (χ4v) is 2.83. The summed E-state index contributed by atoms with van der Waals surface area (Å²) in [6.45, 7) is 4.12. The van der Waals surface area contributed by atoms with Crippen molar-refractivity contribution in [1.82, 2.24) is 9.99 Å². The van der Waals surface area contributed by atoms with E-state index < -0.39 is 5.91 Å². The van der Waals surface area contributed by atoms with Gasteiger partial charge in [-0.25, -0.2) is 5.84 Å². The number of carbonyl (C=O) groups excluding carboxylic acids is 1. The summed E-state index contributed by atoms with van der Waals surface area (Å²) in [5, 5.41) is 0. The van der Waals surface area contributed by atoms with Crippen LogP contribution in [0.25, 0.3) is 0 Å². The van der Waals surface area contributed by atoms with E-state index in [1.807, 2.05) is 16.1 Å². The minimum atomic E-state index is -0.521. The van der Waals surface area contributed by atoms with E-state index >= 15 is 0 Å². The first kappa shape index (κ1) is 13.8. The Morgan fingerprint density at radius 2 is 2.00 bits per heavy atom. The number of nitrogens with zero attached hydrogens (tertiary/aromatic N) is 1. The first-order valence-corrected chi connectivity index (χ1v) is 6.82. The van der Waals surface area contributed by atoms with Gasteiger partial charge in [-0.2, -0.15) is 0 Å². The highest BCUT2D eigenvalue weighted by molar-refractivity contribution is 5.93. The summed E-state index contributed by atoms with van der Waals surface area (Å²) in [5.41, 5.74) is 2.93. The molecule has 0 radical (unpaired) electrons. The number of hydrogen-bond donors (Lipinski definition) is 2. The molecule has 0 aromatic carbocycles. The van der Waals surface area contributed by atoms with Crippen LogP contribution in [0.2, 0.25) is 0 Å². The van der Waals surface area contributed by atoms with Gasteiger partial charge in [0.1, 0.15) is 5.56 Å². The van der Waals surface area contributed by atoms with Crippen molar-refractivity contribution in [2.75, 3.05) is 0 Å². The van der Waals surface area contributed by atoms with Crippen LogP contribution in [0.3, 0.4) is 0 Å². The van der Waals surface area contributed by atoms with Crippen LogP contribution >= 0.6 is 0 Å². The van der Waals surface area contributed by atoms with Gasteiger partial charge in [-0.3, -0.25) is 15.0 Å². The summed E-state index contributed by atoms with van der Waals surface area (Å²) in [6.07, 6.45) is 4.30. The van der Waals surface area contributed by atoms with Crippen LogP contribution in [0.15, 0.2) is 16.9 Å². The van der Waals surface area contributed by atoms with Crippen LogP contribution in [0, 0.1) is 0 Å². The lowest BCUT2D eigenvalue weighted by atomic mass is 10.1. The van der Waals surface area contributed by atoms with Gasteiger partial charge in [0.05, 0.1) is 0 Å². The van der Waals surface area contributed by atoms with Gasteiger partial charge in [-0.1, -0.05) is 26.7 Å². The highest BCUT2D eigenvalue weighted by Gasteiger charge is 2.24. The van der Waals surface area contributed by atoms with Crippen molar-refractivity contribution in [2.24, 2.45) is 5.84 Å². The predicted octanol–water partition coefficient (Wildman–Crippen LogP) is 1.69. The van der Waals surface area contributed by atoms with Crippen LogP contribution in [-0.2, 0) is 0 Å². The zero-order chi connectivity index (χ0) is 14.0. The van der Waals surface area contributed by atoms with Crippen molar-refractivity contribution < 1.29 is 4.79 Å². The minimum Gasteiger partial charge on any atom is -0.309 e. The Bertz CT molecular complexity index is 528. The monoisotopic (exact) mass is 263 g/mol. The SMILES string of the molecule is CC(C)c1ccc(C(=O)NN)c(=O)n1C1CCCC1. The van der Waals surface area contributed by atoms with Crippen LogP contribution in [0.1, 0.15) is 67.5 Å². The van der Waals surface area contributed by atoms with E-state index in [0.717, 1.165) is 31.4 Å². The molecule has 19 heavy (non-hydrogen) atoms. The molecule has 1 aliphatic carbocycles. The number of rotatable bonds is 3. The molecule has 5 heteroatoms. The van der Waals surface area contributed by atoms with Gasteiger partial charge in [0.25, 0.3) is 11.5 Å². The Morgan fingerprint density at radius 3 is 2.53 bits per heavy atom. The molecule has 104 valence electrons. The molecule has 1 saturated carbocycles. The molecule has 0 atom stereocenters. The number of nitrogen functional groups attached to an aromatic ring is 1. The summed E-state index contributed by atoms with van der Waals surface area (Å²) < 4.78 is 1.81. The number of hydrazine groups is 1. The molecule has 0 unspecified atom stereocenters.